The first kappa shape index (κ1) is 16.1. The molecule has 2 heterocycles. The lowest BCUT2D eigenvalue weighted by molar-refractivity contribution is -0.140. The molecule has 1 aromatic rings. The number of amides is 1. The molecule has 0 aromatic carbocycles. The molecule has 3 fully saturated rings. The van der Waals surface area contributed by atoms with Crippen LogP contribution in [0.2, 0.25) is 0 Å². The molecule has 0 unspecified atom stereocenters. The summed E-state index contributed by atoms with van der Waals surface area (Å²) in [7, 11) is 3.74. The topological polar surface area (TPSA) is 59.4 Å². The number of nitrogens with zero attached hydrogens (tertiary/aromatic N) is 3. The van der Waals surface area contributed by atoms with Crippen molar-refractivity contribution in [2.24, 2.45) is 13.0 Å². The maximum absolute atomic E-state index is 12.6. The van der Waals surface area contributed by atoms with Gasteiger partial charge in [-0.1, -0.05) is 0 Å². The minimum atomic E-state index is 0.179. The third-order valence-corrected chi connectivity index (χ3v) is 5.87. The summed E-state index contributed by atoms with van der Waals surface area (Å²) in [5, 5.41) is 8.06. The predicted molar refractivity (Wildman–Crippen MR) is 90.4 cm³/mol. The average Bonchev–Trinajstić information content (AvgIpc) is 3.28. The van der Waals surface area contributed by atoms with E-state index in [2.05, 4.69) is 21.5 Å². The van der Waals surface area contributed by atoms with Crippen LogP contribution in [0.25, 0.3) is 0 Å². The van der Waals surface area contributed by atoms with Gasteiger partial charge in [0.15, 0.2) is 0 Å². The molecule has 1 aromatic heterocycles. The number of hydrogen-bond donors (Lipinski definition) is 1. The number of aryl methyl sites for hydroxylation is 1. The molecule has 1 N–H and O–H groups in total. The van der Waals surface area contributed by atoms with Gasteiger partial charge in [0.2, 0.25) is 5.91 Å². The molecule has 1 amide bonds. The molecule has 0 spiro atoms. The third kappa shape index (κ3) is 3.09. The zero-order valence-electron chi connectivity index (χ0n) is 14.6. The molecule has 3 aliphatic rings. The van der Waals surface area contributed by atoms with E-state index in [1.165, 1.54) is 5.56 Å². The Morgan fingerprint density at radius 2 is 2.12 bits per heavy atom. The van der Waals surface area contributed by atoms with E-state index in [4.69, 9.17) is 4.74 Å². The highest BCUT2D eigenvalue weighted by Crippen LogP contribution is 2.43. The lowest BCUT2D eigenvalue weighted by atomic mass is 9.83. The summed E-state index contributed by atoms with van der Waals surface area (Å²) < 4.78 is 7.21. The van der Waals surface area contributed by atoms with Crippen LogP contribution in [0.15, 0.2) is 12.4 Å². The molecule has 0 bridgehead atoms. The summed E-state index contributed by atoms with van der Waals surface area (Å²) in [6, 6.07) is 1.20. The van der Waals surface area contributed by atoms with Gasteiger partial charge < -0.3 is 15.0 Å². The fourth-order valence-corrected chi connectivity index (χ4v) is 4.24. The van der Waals surface area contributed by atoms with Crippen molar-refractivity contribution in [2.45, 2.75) is 62.8 Å². The van der Waals surface area contributed by atoms with Crippen LogP contribution in [-0.4, -0.2) is 52.4 Å². The minimum Gasteiger partial charge on any atom is -0.381 e. The van der Waals surface area contributed by atoms with Crippen LogP contribution in [-0.2, 0) is 16.6 Å². The predicted octanol–water partition coefficient (Wildman–Crippen LogP) is 1.63. The first-order chi connectivity index (χ1) is 11.7. The van der Waals surface area contributed by atoms with E-state index in [0.717, 1.165) is 38.6 Å². The standard InChI is InChI=1S/C18H28N4O2/c1-21-11-13(10-20-21)18-12(9-19-14-7-16(8-14)24-2)3-6-17(23)22(18)15-4-5-15/h10-12,14-16,18-19H,3-9H2,1-2H3/t12-,14?,16?,18+/m1/s1. The van der Waals surface area contributed by atoms with E-state index < -0.39 is 0 Å². The lowest BCUT2D eigenvalue weighted by Crippen LogP contribution is -2.50. The van der Waals surface area contributed by atoms with Crippen molar-refractivity contribution < 1.29 is 9.53 Å². The number of aromatic nitrogens is 2. The Labute approximate surface area is 143 Å². The van der Waals surface area contributed by atoms with Crippen LogP contribution in [0, 0.1) is 5.92 Å². The molecule has 2 aliphatic carbocycles. The van der Waals surface area contributed by atoms with E-state index in [0.29, 0.717) is 36.4 Å². The van der Waals surface area contributed by atoms with Crippen LogP contribution in [0.3, 0.4) is 0 Å². The Bertz CT molecular complexity index is 592. The molecule has 4 rings (SSSR count). The molecular weight excluding hydrogens is 304 g/mol. The van der Waals surface area contributed by atoms with Gasteiger partial charge in [-0.15, -0.1) is 0 Å². The van der Waals surface area contributed by atoms with Crippen LogP contribution in [0.4, 0.5) is 0 Å². The number of piperidine rings is 1. The van der Waals surface area contributed by atoms with Crippen LogP contribution in [0.1, 0.15) is 50.1 Å². The molecule has 1 aliphatic heterocycles. The van der Waals surface area contributed by atoms with Crippen molar-refractivity contribution in [2.75, 3.05) is 13.7 Å². The monoisotopic (exact) mass is 332 g/mol. The molecule has 2 saturated carbocycles. The van der Waals surface area contributed by atoms with Gasteiger partial charge in [0.1, 0.15) is 0 Å². The van der Waals surface area contributed by atoms with Crippen molar-refractivity contribution in [1.29, 1.82) is 0 Å². The summed E-state index contributed by atoms with van der Waals surface area (Å²) in [5.74, 6) is 0.791. The summed E-state index contributed by atoms with van der Waals surface area (Å²) in [4.78, 5) is 14.7. The Balaban J connectivity index is 1.47. The Morgan fingerprint density at radius 1 is 1.33 bits per heavy atom. The lowest BCUT2D eigenvalue weighted by Gasteiger charge is -2.43. The van der Waals surface area contributed by atoms with E-state index in [-0.39, 0.29) is 6.04 Å². The zero-order chi connectivity index (χ0) is 16.7. The second-order valence-corrected chi connectivity index (χ2v) is 7.66. The quantitative estimate of drug-likeness (QED) is 0.860. The van der Waals surface area contributed by atoms with Gasteiger partial charge in [-0.05, 0) is 38.0 Å². The molecule has 24 heavy (non-hydrogen) atoms. The van der Waals surface area contributed by atoms with Crippen LogP contribution in [0.5, 0.6) is 0 Å². The summed E-state index contributed by atoms with van der Waals surface area (Å²) in [6.45, 7) is 0.969. The zero-order valence-corrected chi connectivity index (χ0v) is 14.6. The van der Waals surface area contributed by atoms with E-state index >= 15 is 0 Å². The summed E-state index contributed by atoms with van der Waals surface area (Å²) in [5.41, 5.74) is 1.19. The maximum Gasteiger partial charge on any atom is 0.223 e. The first-order valence-corrected chi connectivity index (χ1v) is 9.21. The van der Waals surface area contributed by atoms with Gasteiger partial charge >= 0.3 is 0 Å². The van der Waals surface area contributed by atoms with Crippen LogP contribution >= 0.6 is 0 Å². The SMILES string of the molecule is COC1CC(NC[C@H]2CCC(=O)N(C3CC3)[C@@H]2c2cnn(C)c2)C1. The number of hydrogen-bond acceptors (Lipinski definition) is 4. The van der Waals surface area contributed by atoms with Crippen molar-refractivity contribution in [3.8, 4) is 0 Å². The number of methoxy groups -OCH3 is 1. The van der Waals surface area contributed by atoms with Crippen molar-refractivity contribution in [3.63, 3.8) is 0 Å². The van der Waals surface area contributed by atoms with Gasteiger partial charge in [-0.25, -0.2) is 0 Å². The summed E-state index contributed by atoms with van der Waals surface area (Å²) in [6.07, 6.45) is 10.6. The maximum atomic E-state index is 12.6. The first-order valence-electron chi connectivity index (χ1n) is 9.21. The molecule has 6 heteroatoms. The Morgan fingerprint density at radius 3 is 2.75 bits per heavy atom. The second kappa shape index (κ2) is 6.48. The fourth-order valence-electron chi connectivity index (χ4n) is 4.24. The van der Waals surface area contributed by atoms with Crippen LogP contribution < -0.4 is 5.32 Å². The molecule has 1 saturated heterocycles. The summed E-state index contributed by atoms with van der Waals surface area (Å²) >= 11 is 0. The number of nitrogens with one attached hydrogen (secondary N) is 1. The van der Waals surface area contributed by atoms with Gasteiger partial charge in [0.25, 0.3) is 0 Å². The molecule has 132 valence electrons. The van der Waals surface area contributed by atoms with E-state index in [1.807, 2.05) is 17.9 Å². The highest BCUT2D eigenvalue weighted by Gasteiger charge is 2.44. The van der Waals surface area contributed by atoms with Gasteiger partial charge in [-0.2, -0.15) is 5.10 Å². The van der Waals surface area contributed by atoms with E-state index in [1.54, 1.807) is 7.11 Å². The number of likely N-dealkylation sites (tertiary alicyclic amines) is 1. The highest BCUT2D eigenvalue weighted by atomic mass is 16.5. The third-order valence-electron chi connectivity index (χ3n) is 5.87. The number of carbonyl (C=O) groups excluding carboxylic acids is 1. The molecule has 0 radical (unpaired) electrons. The number of ether oxygens (including phenoxy) is 1. The minimum absolute atomic E-state index is 0.179. The second-order valence-electron chi connectivity index (χ2n) is 7.66. The number of carbonyl (C=O) groups is 1. The molecule has 6 nitrogen and oxygen atoms in total. The van der Waals surface area contributed by atoms with Crippen molar-refractivity contribution in [1.82, 2.24) is 20.0 Å². The van der Waals surface area contributed by atoms with Crippen molar-refractivity contribution in [3.05, 3.63) is 18.0 Å². The Hall–Kier alpha value is -1.40. The molecule has 2 atom stereocenters. The van der Waals surface area contributed by atoms with Crippen molar-refractivity contribution >= 4 is 5.91 Å². The van der Waals surface area contributed by atoms with E-state index in [9.17, 15) is 4.79 Å². The largest absolute Gasteiger partial charge is 0.381 e. The smallest absolute Gasteiger partial charge is 0.223 e. The average molecular weight is 332 g/mol. The fraction of sp³-hybridized carbons (Fsp3) is 0.778. The van der Waals surface area contributed by atoms with Gasteiger partial charge in [-0.3, -0.25) is 9.48 Å². The number of rotatable bonds is 6. The normalized spacial score (nSPS) is 33.6. The van der Waals surface area contributed by atoms with Gasteiger partial charge in [0.05, 0.1) is 18.3 Å². The van der Waals surface area contributed by atoms with Gasteiger partial charge in [0, 0.05) is 51.0 Å². The molecular formula is C18H28N4O2. The Kier molecular flexibility index (Phi) is 4.35. The highest BCUT2D eigenvalue weighted by molar-refractivity contribution is 5.78.